The van der Waals surface area contributed by atoms with Crippen LogP contribution in [0.2, 0.25) is 0 Å². The second kappa shape index (κ2) is 8.02. The number of hydrogen-bond acceptors (Lipinski definition) is 3. The van der Waals surface area contributed by atoms with Crippen LogP contribution >= 0.6 is 0 Å². The van der Waals surface area contributed by atoms with Crippen molar-refractivity contribution in [3.63, 3.8) is 0 Å². The zero-order chi connectivity index (χ0) is 14.2. The van der Waals surface area contributed by atoms with Gasteiger partial charge in [0.2, 0.25) is 5.91 Å². The third kappa shape index (κ3) is 4.94. The molecule has 1 heterocycles. The third-order valence-electron chi connectivity index (χ3n) is 3.66. The number of benzene rings is 1. The lowest BCUT2D eigenvalue weighted by Crippen LogP contribution is -2.46. The first-order valence-corrected chi connectivity index (χ1v) is 7.23. The van der Waals surface area contributed by atoms with Crippen molar-refractivity contribution in [2.45, 2.75) is 31.9 Å². The van der Waals surface area contributed by atoms with E-state index in [0.29, 0.717) is 12.5 Å². The first kappa shape index (κ1) is 15.0. The van der Waals surface area contributed by atoms with Crippen molar-refractivity contribution >= 4 is 5.91 Å². The average molecular weight is 275 g/mol. The summed E-state index contributed by atoms with van der Waals surface area (Å²) in [6.07, 6.45) is 5.07. The van der Waals surface area contributed by atoms with Gasteiger partial charge in [-0.1, -0.05) is 30.3 Å². The van der Waals surface area contributed by atoms with Gasteiger partial charge in [0.25, 0.3) is 0 Å². The topological polar surface area (TPSA) is 64.4 Å². The van der Waals surface area contributed by atoms with E-state index in [2.05, 4.69) is 23.9 Å². The highest BCUT2D eigenvalue weighted by Gasteiger charge is 2.24. The van der Waals surface area contributed by atoms with Crippen molar-refractivity contribution in [2.75, 3.05) is 13.2 Å². The van der Waals surface area contributed by atoms with Gasteiger partial charge < -0.3 is 15.8 Å². The van der Waals surface area contributed by atoms with Crippen LogP contribution in [0.4, 0.5) is 0 Å². The molecule has 1 saturated heterocycles. The number of ether oxygens (including phenoxy) is 1. The molecule has 0 spiro atoms. The van der Waals surface area contributed by atoms with Gasteiger partial charge in [0.1, 0.15) is 0 Å². The molecule has 1 fully saturated rings. The Morgan fingerprint density at radius 2 is 2.20 bits per heavy atom. The van der Waals surface area contributed by atoms with Crippen LogP contribution < -0.4 is 11.1 Å². The van der Waals surface area contributed by atoms with Crippen LogP contribution in [0.1, 0.15) is 24.8 Å². The van der Waals surface area contributed by atoms with E-state index in [9.17, 15) is 4.79 Å². The zero-order valence-corrected chi connectivity index (χ0v) is 11.8. The normalized spacial score (nSPS) is 22.6. The number of nitrogens with two attached hydrogens (primary N) is 1. The second-order valence-corrected chi connectivity index (χ2v) is 5.26. The predicted molar refractivity (Wildman–Crippen MR) is 78.7 cm³/mol. The monoisotopic (exact) mass is 275 g/mol. The third-order valence-corrected chi connectivity index (χ3v) is 3.66. The number of primary amides is 1. The Kier molecular flexibility index (Phi) is 6.02. The van der Waals surface area contributed by atoms with Crippen LogP contribution in [0.25, 0.3) is 0 Å². The summed E-state index contributed by atoms with van der Waals surface area (Å²) in [4.78, 5) is 11.2. The lowest BCUT2D eigenvalue weighted by atomic mass is 9.88. The molecule has 2 unspecified atom stereocenters. The van der Waals surface area contributed by atoms with Gasteiger partial charge in [0.05, 0.1) is 12.6 Å². The van der Waals surface area contributed by atoms with Gasteiger partial charge in [0.15, 0.2) is 0 Å². The summed E-state index contributed by atoms with van der Waals surface area (Å²) in [5, 5.41) is 3.15. The van der Waals surface area contributed by atoms with E-state index in [1.54, 1.807) is 0 Å². The predicted octanol–water partition coefficient (Wildman–Crippen LogP) is 1.65. The van der Waals surface area contributed by atoms with Crippen molar-refractivity contribution < 1.29 is 9.53 Å². The molecule has 0 saturated carbocycles. The largest absolute Gasteiger partial charge is 0.377 e. The highest BCUT2D eigenvalue weighted by atomic mass is 16.5. The van der Waals surface area contributed by atoms with Gasteiger partial charge in [-0.2, -0.15) is 0 Å². The summed E-state index contributed by atoms with van der Waals surface area (Å²) < 4.78 is 5.65. The first-order chi connectivity index (χ1) is 9.75. The van der Waals surface area contributed by atoms with Crippen LogP contribution in [0.15, 0.2) is 30.3 Å². The fourth-order valence-corrected chi connectivity index (χ4v) is 2.53. The van der Waals surface area contributed by atoms with Gasteiger partial charge >= 0.3 is 0 Å². The van der Waals surface area contributed by atoms with Gasteiger partial charge in [-0.15, -0.1) is 0 Å². The highest BCUT2D eigenvalue weighted by Crippen LogP contribution is 2.20. The van der Waals surface area contributed by atoms with Gasteiger partial charge in [-0.3, -0.25) is 4.79 Å². The number of hydrogen-bond donors (Lipinski definition) is 2. The number of piperidine rings is 1. The Labute approximate surface area is 120 Å². The lowest BCUT2D eigenvalue weighted by Gasteiger charge is -2.28. The van der Waals surface area contributed by atoms with Crippen molar-refractivity contribution in [3.05, 3.63) is 42.3 Å². The Bertz CT molecular complexity index is 408. The molecule has 4 heteroatoms. The molecule has 0 aromatic heterocycles. The van der Waals surface area contributed by atoms with E-state index < -0.39 is 0 Å². The minimum absolute atomic E-state index is 0.171. The maximum atomic E-state index is 11.2. The maximum absolute atomic E-state index is 11.2. The van der Waals surface area contributed by atoms with Crippen LogP contribution in [0.5, 0.6) is 0 Å². The Morgan fingerprint density at radius 3 is 2.95 bits per heavy atom. The highest BCUT2D eigenvalue weighted by molar-refractivity contribution is 5.79. The summed E-state index contributed by atoms with van der Waals surface area (Å²) >= 11 is 0. The summed E-state index contributed by atoms with van der Waals surface area (Å²) in [5.74, 6) is 0.220. The molecule has 0 aliphatic carbocycles. The standard InChI is InChI=1S/C16H23N2O2/c17-16(19)15-11-13(8-9-18-15)7-4-10-20-12-14-5-2-1-3-6-14/h1-3,5-7,13,15,18H,4,8-12H2,(H2,17,19). The van der Waals surface area contributed by atoms with Crippen LogP contribution in [0.3, 0.4) is 0 Å². The molecule has 3 N–H and O–H groups in total. The van der Waals surface area contributed by atoms with Crippen molar-refractivity contribution in [2.24, 2.45) is 11.7 Å². The molecule has 1 aliphatic heterocycles. The molecule has 0 bridgehead atoms. The van der Waals surface area contributed by atoms with E-state index in [0.717, 1.165) is 32.4 Å². The lowest BCUT2D eigenvalue weighted by molar-refractivity contribution is -0.120. The van der Waals surface area contributed by atoms with E-state index in [1.165, 1.54) is 5.56 Å². The average Bonchev–Trinajstić information content (AvgIpc) is 2.48. The number of amides is 1. The van der Waals surface area contributed by atoms with Crippen molar-refractivity contribution in [1.82, 2.24) is 5.32 Å². The molecule has 1 aromatic rings. The minimum atomic E-state index is -0.247. The van der Waals surface area contributed by atoms with E-state index in [-0.39, 0.29) is 11.9 Å². The summed E-state index contributed by atoms with van der Waals surface area (Å²) in [6, 6.07) is 9.99. The second-order valence-electron chi connectivity index (χ2n) is 5.26. The Balaban J connectivity index is 1.58. The van der Waals surface area contributed by atoms with Crippen LogP contribution in [0, 0.1) is 12.3 Å². The Morgan fingerprint density at radius 1 is 1.40 bits per heavy atom. The molecular weight excluding hydrogens is 252 g/mol. The molecule has 2 atom stereocenters. The molecule has 109 valence electrons. The number of carbonyl (C=O) groups excluding carboxylic acids is 1. The molecule has 1 radical (unpaired) electrons. The van der Waals surface area contributed by atoms with E-state index in [4.69, 9.17) is 10.5 Å². The summed E-state index contributed by atoms with van der Waals surface area (Å²) in [6.45, 7) is 2.24. The Hall–Kier alpha value is -1.39. The molecule has 2 rings (SSSR count). The fraction of sp³-hybridized carbons (Fsp3) is 0.500. The van der Waals surface area contributed by atoms with E-state index >= 15 is 0 Å². The van der Waals surface area contributed by atoms with Gasteiger partial charge in [0, 0.05) is 6.61 Å². The summed E-state index contributed by atoms with van der Waals surface area (Å²) in [5.41, 5.74) is 6.53. The number of carbonyl (C=O) groups is 1. The number of rotatable bonds is 7. The molecular formula is C16H23N2O2. The van der Waals surface area contributed by atoms with Crippen LogP contribution in [-0.2, 0) is 16.1 Å². The molecule has 4 nitrogen and oxygen atoms in total. The summed E-state index contributed by atoms with van der Waals surface area (Å²) in [7, 11) is 0. The number of nitrogens with one attached hydrogen (secondary N) is 1. The molecule has 1 aromatic carbocycles. The van der Waals surface area contributed by atoms with Crippen molar-refractivity contribution in [3.8, 4) is 0 Å². The maximum Gasteiger partial charge on any atom is 0.234 e. The zero-order valence-electron chi connectivity index (χ0n) is 11.8. The molecule has 1 aliphatic rings. The van der Waals surface area contributed by atoms with Crippen molar-refractivity contribution in [1.29, 1.82) is 0 Å². The van der Waals surface area contributed by atoms with Gasteiger partial charge in [-0.25, -0.2) is 0 Å². The van der Waals surface area contributed by atoms with Crippen LogP contribution in [-0.4, -0.2) is 25.1 Å². The minimum Gasteiger partial charge on any atom is -0.377 e. The first-order valence-electron chi connectivity index (χ1n) is 7.23. The van der Waals surface area contributed by atoms with Gasteiger partial charge in [-0.05, 0) is 43.7 Å². The quantitative estimate of drug-likeness (QED) is 0.744. The molecule has 1 amide bonds. The SMILES string of the molecule is NC(=O)C1CC([CH]CCOCc2ccccc2)CCN1. The van der Waals surface area contributed by atoms with E-state index in [1.807, 2.05) is 18.2 Å². The smallest absolute Gasteiger partial charge is 0.234 e. The fourth-order valence-electron chi connectivity index (χ4n) is 2.53. The molecule has 20 heavy (non-hydrogen) atoms.